The number of carbonyl (C=O) groups excluding carboxylic acids is 1. The van der Waals surface area contributed by atoms with Crippen molar-refractivity contribution in [3.05, 3.63) is 101 Å². The molecule has 1 saturated heterocycles. The largest absolute Gasteiger partial charge is 0.489 e. The van der Waals surface area contributed by atoms with Crippen LogP contribution < -0.4 is 4.74 Å². The van der Waals surface area contributed by atoms with Crippen LogP contribution in [-0.4, -0.2) is 49.4 Å². The normalized spacial score (nSPS) is 17.3. The summed E-state index contributed by atoms with van der Waals surface area (Å²) in [5.74, 6) is -0.313. The maximum atomic E-state index is 12.6. The molecule has 1 saturated carbocycles. The number of amides is 1. The Morgan fingerprint density at radius 2 is 1.73 bits per heavy atom. The molecule has 1 aromatic heterocycles. The summed E-state index contributed by atoms with van der Waals surface area (Å²) in [5, 5.41) is 33.4. The van der Waals surface area contributed by atoms with Crippen LogP contribution in [0, 0.1) is 11.3 Å². The highest BCUT2D eigenvalue weighted by Gasteiger charge is 2.25. The lowest BCUT2D eigenvalue weighted by Crippen LogP contribution is -2.40. The van der Waals surface area contributed by atoms with Crippen molar-refractivity contribution in [2.45, 2.75) is 77.2 Å². The molecule has 9 heteroatoms. The molecule has 0 bridgehead atoms. The number of carbonyl (C=O) groups is 2. The van der Waals surface area contributed by atoms with E-state index in [1.807, 2.05) is 54.6 Å². The van der Waals surface area contributed by atoms with Crippen molar-refractivity contribution < 1.29 is 24.5 Å². The lowest BCUT2D eigenvalue weighted by atomic mass is 9.95. The average Bonchev–Trinajstić information content (AvgIpc) is 3.53. The monoisotopic (exact) mass is 644 g/mol. The first-order chi connectivity index (χ1) is 23.3. The fourth-order valence-electron chi connectivity index (χ4n) is 6.59. The van der Waals surface area contributed by atoms with E-state index < -0.39 is 12.1 Å². The van der Waals surface area contributed by atoms with E-state index in [0.29, 0.717) is 43.1 Å². The first-order valence-corrected chi connectivity index (χ1v) is 16.6. The number of piperidine rings is 1. The van der Waals surface area contributed by atoms with E-state index in [-0.39, 0.29) is 23.9 Å². The molecule has 2 heterocycles. The molecule has 1 aliphatic carbocycles. The maximum Gasteiger partial charge on any atom is 0.331 e. The van der Waals surface area contributed by atoms with Crippen molar-refractivity contribution >= 4 is 18.0 Å². The SMILES string of the molecule is C/C(=C/c1cc(-c2ccc(OCc3cc(CN4CCC(O)CC4=O)ccc3-c3ccc(C#N)cc3)cc2)n(C2CCCCC2)n1)C(=O)O. The molecule has 1 aliphatic heterocycles. The summed E-state index contributed by atoms with van der Waals surface area (Å²) in [6.45, 7) is 2.85. The summed E-state index contributed by atoms with van der Waals surface area (Å²) >= 11 is 0. The third kappa shape index (κ3) is 7.67. The Kier molecular flexibility index (Phi) is 10.0. The molecular weight excluding hydrogens is 604 g/mol. The average molecular weight is 645 g/mol. The number of rotatable bonds is 10. The van der Waals surface area contributed by atoms with E-state index in [1.165, 1.54) is 6.42 Å². The number of hydrogen-bond acceptors (Lipinski definition) is 6. The lowest BCUT2D eigenvalue weighted by Gasteiger charge is -2.29. The third-order valence-electron chi connectivity index (χ3n) is 9.28. The number of aliphatic carboxylic acids is 1. The summed E-state index contributed by atoms with van der Waals surface area (Å²) in [5.41, 5.74) is 7.26. The number of aliphatic hydroxyl groups is 1. The standard InChI is InChI=1S/C39H40N4O5/c1-26(39(46)47)19-32-21-37(43(41-32)33-5-3-2-4-6-33)30-12-14-35(15-13-30)48-25-31-20-28(24-42-18-17-34(44)22-38(42)45)9-16-36(31)29-10-7-27(23-40)8-11-29/h7-16,19-21,33-34,44H,2-6,17-18,22,24-25H2,1H3,(H,46,47)/b26-19-. The zero-order chi connectivity index (χ0) is 33.6. The Labute approximate surface area is 280 Å². The van der Waals surface area contributed by atoms with E-state index in [2.05, 4.69) is 16.8 Å². The molecule has 0 spiro atoms. The Morgan fingerprint density at radius 1 is 1.00 bits per heavy atom. The zero-order valence-corrected chi connectivity index (χ0v) is 27.1. The fourth-order valence-corrected chi connectivity index (χ4v) is 6.59. The van der Waals surface area contributed by atoms with Gasteiger partial charge in [0.2, 0.25) is 5.91 Å². The van der Waals surface area contributed by atoms with Crippen LogP contribution in [0.15, 0.2) is 78.4 Å². The number of hydrogen-bond donors (Lipinski definition) is 2. The van der Waals surface area contributed by atoms with Gasteiger partial charge in [0.1, 0.15) is 12.4 Å². The number of carboxylic acid groups (broad SMARTS) is 1. The van der Waals surface area contributed by atoms with Gasteiger partial charge in [-0.25, -0.2) is 4.79 Å². The Balaban J connectivity index is 1.24. The minimum absolute atomic E-state index is 0.0483. The zero-order valence-electron chi connectivity index (χ0n) is 27.1. The van der Waals surface area contributed by atoms with E-state index in [4.69, 9.17) is 9.84 Å². The van der Waals surface area contributed by atoms with Crippen LogP contribution in [0.1, 0.15) is 80.3 Å². The molecule has 2 fully saturated rings. The highest BCUT2D eigenvalue weighted by Crippen LogP contribution is 2.34. The minimum atomic E-state index is -0.960. The summed E-state index contributed by atoms with van der Waals surface area (Å²) in [6, 6.07) is 25.9. The predicted octanol–water partition coefficient (Wildman–Crippen LogP) is 7.14. The van der Waals surface area contributed by atoms with Crippen LogP contribution in [0.25, 0.3) is 28.5 Å². The van der Waals surface area contributed by atoms with Crippen molar-refractivity contribution in [2.75, 3.05) is 6.54 Å². The van der Waals surface area contributed by atoms with Crippen molar-refractivity contribution in [1.82, 2.24) is 14.7 Å². The minimum Gasteiger partial charge on any atom is -0.489 e. The van der Waals surface area contributed by atoms with Crippen molar-refractivity contribution in [1.29, 1.82) is 5.26 Å². The quantitative estimate of drug-likeness (QED) is 0.176. The van der Waals surface area contributed by atoms with Gasteiger partial charge in [-0.15, -0.1) is 0 Å². The number of aliphatic hydroxyl groups excluding tert-OH is 1. The molecule has 2 N–H and O–H groups in total. The summed E-state index contributed by atoms with van der Waals surface area (Å²) < 4.78 is 8.41. The predicted molar refractivity (Wildman–Crippen MR) is 183 cm³/mol. The smallest absolute Gasteiger partial charge is 0.331 e. The first kappa shape index (κ1) is 32.7. The van der Waals surface area contributed by atoms with Crippen molar-refractivity contribution in [3.63, 3.8) is 0 Å². The number of ether oxygens (including phenoxy) is 1. The second-order valence-electron chi connectivity index (χ2n) is 12.8. The summed E-state index contributed by atoms with van der Waals surface area (Å²) in [6.07, 6.45) is 7.39. The molecule has 4 aromatic rings. The number of carboxylic acids is 1. The van der Waals surface area contributed by atoms with Crippen LogP contribution in [0.5, 0.6) is 5.75 Å². The highest BCUT2D eigenvalue weighted by molar-refractivity contribution is 5.91. The van der Waals surface area contributed by atoms with Gasteiger partial charge < -0.3 is 19.8 Å². The molecule has 1 unspecified atom stereocenters. The number of likely N-dealkylation sites (tertiary alicyclic amines) is 1. The first-order valence-electron chi connectivity index (χ1n) is 16.6. The molecule has 1 atom stereocenters. The fraction of sp³-hybridized carbons (Fsp3) is 0.333. The number of benzene rings is 3. The van der Waals surface area contributed by atoms with Gasteiger partial charge in [0.25, 0.3) is 0 Å². The van der Waals surface area contributed by atoms with Gasteiger partial charge in [-0.2, -0.15) is 10.4 Å². The Bertz CT molecular complexity index is 1850. The molecule has 246 valence electrons. The van der Waals surface area contributed by atoms with E-state index >= 15 is 0 Å². The lowest BCUT2D eigenvalue weighted by molar-refractivity contribution is -0.137. The molecule has 48 heavy (non-hydrogen) atoms. The molecule has 0 radical (unpaired) electrons. The van der Waals surface area contributed by atoms with E-state index in [9.17, 15) is 25.1 Å². The second kappa shape index (κ2) is 14.7. The Hall–Kier alpha value is -5.20. The van der Waals surface area contributed by atoms with Crippen LogP contribution >= 0.6 is 0 Å². The van der Waals surface area contributed by atoms with Crippen LogP contribution in [0.2, 0.25) is 0 Å². The highest BCUT2D eigenvalue weighted by atomic mass is 16.5. The van der Waals surface area contributed by atoms with Gasteiger partial charge in [-0.3, -0.25) is 9.48 Å². The van der Waals surface area contributed by atoms with Crippen LogP contribution in [0.4, 0.5) is 0 Å². The molecular formula is C39H40N4O5. The van der Waals surface area contributed by atoms with Gasteiger partial charge in [0, 0.05) is 24.2 Å². The molecule has 2 aliphatic rings. The van der Waals surface area contributed by atoms with Gasteiger partial charge >= 0.3 is 5.97 Å². The Morgan fingerprint density at radius 3 is 2.42 bits per heavy atom. The van der Waals surface area contributed by atoms with E-state index in [1.54, 1.807) is 30.0 Å². The van der Waals surface area contributed by atoms with Crippen LogP contribution in [-0.2, 0) is 22.7 Å². The van der Waals surface area contributed by atoms with Crippen LogP contribution in [0.3, 0.4) is 0 Å². The molecule has 3 aromatic carbocycles. The number of aromatic nitrogens is 2. The molecule has 9 nitrogen and oxygen atoms in total. The third-order valence-corrected chi connectivity index (χ3v) is 9.28. The number of nitriles is 1. The summed E-state index contributed by atoms with van der Waals surface area (Å²) in [4.78, 5) is 25.8. The molecule has 6 rings (SSSR count). The van der Waals surface area contributed by atoms with Gasteiger partial charge in [-0.1, -0.05) is 43.5 Å². The van der Waals surface area contributed by atoms with Gasteiger partial charge in [0.05, 0.1) is 41.6 Å². The number of nitrogens with zero attached hydrogens (tertiary/aromatic N) is 4. The van der Waals surface area contributed by atoms with Gasteiger partial charge in [0.15, 0.2) is 0 Å². The molecule has 1 amide bonds. The van der Waals surface area contributed by atoms with E-state index in [0.717, 1.165) is 59.2 Å². The summed E-state index contributed by atoms with van der Waals surface area (Å²) in [7, 11) is 0. The maximum absolute atomic E-state index is 12.6. The second-order valence-corrected chi connectivity index (χ2v) is 12.8. The van der Waals surface area contributed by atoms with Crippen molar-refractivity contribution in [3.8, 4) is 34.2 Å². The van der Waals surface area contributed by atoms with Gasteiger partial charge in [-0.05, 0) is 103 Å². The van der Waals surface area contributed by atoms with Crippen molar-refractivity contribution in [2.24, 2.45) is 0 Å². The topological polar surface area (TPSA) is 129 Å².